The lowest BCUT2D eigenvalue weighted by molar-refractivity contribution is -0.118. The van der Waals surface area contributed by atoms with Crippen LogP contribution in [-0.4, -0.2) is 18.0 Å². The number of hydrogen-bond acceptors (Lipinski definition) is 2. The smallest absolute Gasteiger partial charge is 0.325 e. The van der Waals surface area contributed by atoms with Crippen molar-refractivity contribution >= 4 is 28.4 Å². The molecule has 0 radical (unpaired) electrons. The molecule has 0 aliphatic carbocycles. The molecule has 1 fully saturated rings. The van der Waals surface area contributed by atoms with Crippen molar-refractivity contribution in [1.82, 2.24) is 5.32 Å². The molecule has 1 atom stereocenters. The van der Waals surface area contributed by atoms with Gasteiger partial charge < -0.3 is 5.32 Å². The highest BCUT2D eigenvalue weighted by atomic mass is 16.2. The minimum absolute atomic E-state index is 0.162. The molecule has 0 saturated carbocycles. The first kappa shape index (κ1) is 13.6. The van der Waals surface area contributed by atoms with Crippen molar-refractivity contribution < 1.29 is 9.59 Å². The van der Waals surface area contributed by atoms with Crippen molar-refractivity contribution in [3.05, 3.63) is 42.5 Å². The van der Waals surface area contributed by atoms with E-state index >= 15 is 0 Å². The van der Waals surface area contributed by atoms with E-state index in [1.54, 1.807) is 0 Å². The number of rotatable bonds is 3. The number of imide groups is 1. The van der Waals surface area contributed by atoms with E-state index in [0.717, 1.165) is 10.8 Å². The van der Waals surface area contributed by atoms with Crippen LogP contribution in [0.2, 0.25) is 0 Å². The minimum Gasteiger partial charge on any atom is -0.325 e. The van der Waals surface area contributed by atoms with E-state index in [2.05, 4.69) is 5.32 Å². The molecule has 1 aliphatic rings. The highest BCUT2D eigenvalue weighted by Crippen LogP contribution is 2.29. The largest absolute Gasteiger partial charge is 0.329 e. The first-order valence-corrected chi connectivity index (χ1v) is 7.20. The third kappa shape index (κ3) is 2.37. The van der Waals surface area contributed by atoms with Crippen molar-refractivity contribution in [3.8, 4) is 0 Å². The summed E-state index contributed by atoms with van der Waals surface area (Å²) in [6.45, 7) is 4.08. The topological polar surface area (TPSA) is 49.4 Å². The molecule has 0 bridgehead atoms. The molecule has 0 aromatic heterocycles. The Balaban J connectivity index is 2.03. The van der Waals surface area contributed by atoms with Crippen molar-refractivity contribution in [2.45, 2.75) is 26.3 Å². The lowest BCUT2D eigenvalue weighted by atomic mass is 10.0. The third-order valence-corrected chi connectivity index (χ3v) is 3.73. The van der Waals surface area contributed by atoms with Gasteiger partial charge in [-0.1, -0.05) is 50.2 Å². The zero-order chi connectivity index (χ0) is 15.0. The predicted octanol–water partition coefficient (Wildman–Crippen LogP) is 3.31. The van der Waals surface area contributed by atoms with Crippen LogP contribution in [0.15, 0.2) is 42.5 Å². The molecule has 1 aliphatic heterocycles. The molecule has 1 heterocycles. The fourth-order valence-corrected chi connectivity index (χ4v) is 2.79. The Bertz CT molecular complexity index is 704. The van der Waals surface area contributed by atoms with E-state index in [4.69, 9.17) is 0 Å². The van der Waals surface area contributed by atoms with Gasteiger partial charge in [-0.2, -0.15) is 0 Å². The molecule has 4 heteroatoms. The molecule has 21 heavy (non-hydrogen) atoms. The monoisotopic (exact) mass is 282 g/mol. The highest BCUT2D eigenvalue weighted by Gasteiger charge is 2.39. The van der Waals surface area contributed by atoms with E-state index in [-0.39, 0.29) is 11.9 Å². The van der Waals surface area contributed by atoms with Crippen LogP contribution in [0.1, 0.15) is 20.3 Å². The Morgan fingerprint density at radius 2 is 1.81 bits per heavy atom. The standard InChI is InChI=1S/C17H18N2O2/c1-11(2)10-14-16(20)19(17(21)18-14)15-9-5-7-12-6-3-4-8-13(12)15/h3-9,11,14H,10H2,1-2H3,(H,18,21)/t14-/m0/s1. The van der Waals surface area contributed by atoms with Gasteiger partial charge in [-0.25, -0.2) is 9.69 Å². The third-order valence-electron chi connectivity index (χ3n) is 3.73. The Hall–Kier alpha value is -2.36. The maximum Gasteiger partial charge on any atom is 0.329 e. The molecular weight excluding hydrogens is 264 g/mol. The quantitative estimate of drug-likeness (QED) is 0.878. The maximum atomic E-state index is 12.5. The molecule has 1 saturated heterocycles. The maximum absolute atomic E-state index is 12.5. The lowest BCUT2D eigenvalue weighted by Crippen LogP contribution is -2.32. The van der Waals surface area contributed by atoms with Gasteiger partial charge in [0, 0.05) is 5.39 Å². The zero-order valence-corrected chi connectivity index (χ0v) is 12.2. The van der Waals surface area contributed by atoms with Gasteiger partial charge in [-0.15, -0.1) is 0 Å². The molecule has 108 valence electrons. The summed E-state index contributed by atoms with van der Waals surface area (Å²) in [4.78, 5) is 26.0. The number of fused-ring (bicyclic) bond motifs is 1. The van der Waals surface area contributed by atoms with Gasteiger partial charge in [0.15, 0.2) is 0 Å². The normalized spacial score (nSPS) is 18.6. The van der Waals surface area contributed by atoms with Gasteiger partial charge >= 0.3 is 6.03 Å². The number of hydrogen-bond donors (Lipinski definition) is 1. The number of amides is 3. The predicted molar refractivity (Wildman–Crippen MR) is 83.2 cm³/mol. The molecular formula is C17H18N2O2. The summed E-state index contributed by atoms with van der Waals surface area (Å²) in [5.74, 6) is 0.191. The second-order valence-corrected chi connectivity index (χ2v) is 5.80. The van der Waals surface area contributed by atoms with Crippen LogP contribution in [-0.2, 0) is 4.79 Å². The number of anilines is 1. The summed E-state index contributed by atoms with van der Waals surface area (Å²) >= 11 is 0. The average Bonchev–Trinajstić information content (AvgIpc) is 2.72. The average molecular weight is 282 g/mol. The Morgan fingerprint density at radius 1 is 1.10 bits per heavy atom. The van der Waals surface area contributed by atoms with Gasteiger partial charge in [-0.3, -0.25) is 4.79 Å². The Kier molecular flexibility index (Phi) is 3.37. The van der Waals surface area contributed by atoms with Gasteiger partial charge in [-0.05, 0) is 23.8 Å². The van der Waals surface area contributed by atoms with Crippen LogP contribution in [0.5, 0.6) is 0 Å². The van der Waals surface area contributed by atoms with Crippen molar-refractivity contribution in [2.24, 2.45) is 5.92 Å². The fraction of sp³-hybridized carbons (Fsp3) is 0.294. The number of carbonyl (C=O) groups excluding carboxylic acids is 2. The number of carbonyl (C=O) groups is 2. The lowest BCUT2D eigenvalue weighted by Gasteiger charge is -2.16. The molecule has 0 spiro atoms. The van der Waals surface area contributed by atoms with Crippen LogP contribution in [0.25, 0.3) is 10.8 Å². The van der Waals surface area contributed by atoms with Gasteiger partial charge in [0.05, 0.1) is 5.69 Å². The molecule has 0 unspecified atom stereocenters. The number of urea groups is 1. The van der Waals surface area contributed by atoms with Crippen LogP contribution in [0, 0.1) is 5.92 Å². The molecule has 4 nitrogen and oxygen atoms in total. The van der Waals surface area contributed by atoms with E-state index in [1.807, 2.05) is 56.3 Å². The summed E-state index contributed by atoms with van der Waals surface area (Å²) in [5.41, 5.74) is 0.654. The number of benzene rings is 2. The first-order chi connectivity index (χ1) is 10.1. The summed E-state index contributed by atoms with van der Waals surface area (Å²) < 4.78 is 0. The summed E-state index contributed by atoms with van der Waals surface area (Å²) in [6, 6.07) is 12.7. The summed E-state index contributed by atoms with van der Waals surface area (Å²) in [5, 5.41) is 4.71. The van der Waals surface area contributed by atoms with E-state index in [0.29, 0.717) is 18.0 Å². The van der Waals surface area contributed by atoms with Crippen molar-refractivity contribution in [3.63, 3.8) is 0 Å². The summed E-state index contributed by atoms with van der Waals surface area (Å²) in [7, 11) is 0. The fourth-order valence-electron chi connectivity index (χ4n) is 2.79. The Labute approximate surface area is 123 Å². The van der Waals surface area contributed by atoms with Crippen LogP contribution >= 0.6 is 0 Å². The van der Waals surface area contributed by atoms with E-state index < -0.39 is 6.04 Å². The van der Waals surface area contributed by atoms with Gasteiger partial charge in [0.25, 0.3) is 5.91 Å². The van der Waals surface area contributed by atoms with Crippen LogP contribution in [0.3, 0.4) is 0 Å². The van der Waals surface area contributed by atoms with Gasteiger partial charge in [0.2, 0.25) is 0 Å². The zero-order valence-electron chi connectivity index (χ0n) is 12.2. The number of nitrogens with zero attached hydrogens (tertiary/aromatic N) is 1. The molecule has 2 aromatic rings. The number of nitrogens with one attached hydrogen (secondary N) is 1. The molecule has 3 amide bonds. The van der Waals surface area contributed by atoms with Crippen molar-refractivity contribution in [2.75, 3.05) is 4.90 Å². The summed E-state index contributed by atoms with van der Waals surface area (Å²) in [6.07, 6.45) is 0.659. The van der Waals surface area contributed by atoms with E-state index in [1.165, 1.54) is 4.90 Å². The molecule has 2 aromatic carbocycles. The van der Waals surface area contributed by atoms with Gasteiger partial charge in [0.1, 0.15) is 6.04 Å². The van der Waals surface area contributed by atoms with Crippen molar-refractivity contribution in [1.29, 1.82) is 0 Å². The molecule has 1 N–H and O–H groups in total. The molecule has 3 rings (SSSR count). The van der Waals surface area contributed by atoms with Crippen LogP contribution < -0.4 is 10.2 Å². The van der Waals surface area contributed by atoms with E-state index in [9.17, 15) is 9.59 Å². The van der Waals surface area contributed by atoms with Crippen LogP contribution in [0.4, 0.5) is 10.5 Å². The Morgan fingerprint density at radius 3 is 2.57 bits per heavy atom. The minimum atomic E-state index is -0.420. The second-order valence-electron chi connectivity index (χ2n) is 5.80. The SMILES string of the molecule is CC(C)C[C@@H]1NC(=O)N(c2cccc3ccccc23)C1=O. The second kappa shape index (κ2) is 5.20. The highest BCUT2D eigenvalue weighted by molar-refractivity contribution is 6.24. The first-order valence-electron chi connectivity index (χ1n) is 7.20.